The van der Waals surface area contributed by atoms with Crippen LogP contribution in [0.4, 0.5) is 5.69 Å². The Morgan fingerprint density at radius 1 is 1.09 bits per heavy atom. The minimum atomic E-state index is -3.71. The average molecular weight is 353 g/mol. The van der Waals surface area contributed by atoms with Crippen LogP contribution in [0.25, 0.3) is 0 Å². The molecule has 122 valence electrons. The zero-order chi connectivity index (χ0) is 16.9. The molecule has 0 aliphatic rings. The van der Waals surface area contributed by atoms with E-state index in [1.54, 1.807) is 49.4 Å². The van der Waals surface area contributed by atoms with E-state index in [0.717, 1.165) is 4.31 Å². The average Bonchev–Trinajstić information content (AvgIpc) is 2.55. The van der Waals surface area contributed by atoms with Crippen molar-refractivity contribution in [2.45, 2.75) is 11.8 Å². The number of benzene rings is 2. The van der Waals surface area contributed by atoms with Gasteiger partial charge in [-0.05, 0) is 24.3 Å². The van der Waals surface area contributed by atoms with Crippen molar-refractivity contribution in [3.05, 3.63) is 59.6 Å². The van der Waals surface area contributed by atoms with Gasteiger partial charge in [0.2, 0.25) is 15.9 Å². The van der Waals surface area contributed by atoms with Crippen molar-refractivity contribution in [1.29, 1.82) is 0 Å². The first-order valence-corrected chi connectivity index (χ1v) is 8.86. The molecule has 0 saturated heterocycles. The molecule has 0 aromatic heterocycles. The Kier molecular flexibility index (Phi) is 5.76. The highest BCUT2D eigenvalue weighted by molar-refractivity contribution is 7.89. The van der Waals surface area contributed by atoms with E-state index in [1.165, 1.54) is 12.1 Å². The van der Waals surface area contributed by atoms with Crippen molar-refractivity contribution in [2.24, 2.45) is 0 Å². The molecule has 1 N–H and O–H groups in total. The lowest BCUT2D eigenvalue weighted by Crippen LogP contribution is -2.37. The summed E-state index contributed by atoms with van der Waals surface area (Å²) in [7, 11) is -3.71. The predicted octanol–water partition coefficient (Wildman–Crippen LogP) is 2.99. The zero-order valence-electron chi connectivity index (χ0n) is 12.6. The minimum Gasteiger partial charge on any atom is -0.324 e. The Balaban J connectivity index is 2.13. The van der Waals surface area contributed by atoms with Gasteiger partial charge >= 0.3 is 0 Å². The smallest absolute Gasteiger partial charge is 0.243 e. The first-order valence-electron chi connectivity index (χ1n) is 7.04. The Morgan fingerprint density at radius 3 is 2.30 bits per heavy atom. The van der Waals surface area contributed by atoms with Gasteiger partial charge in [0, 0.05) is 6.54 Å². The fraction of sp³-hybridized carbons (Fsp3) is 0.188. The number of rotatable bonds is 6. The van der Waals surface area contributed by atoms with E-state index >= 15 is 0 Å². The van der Waals surface area contributed by atoms with Gasteiger partial charge in [-0.1, -0.05) is 48.9 Å². The second kappa shape index (κ2) is 7.59. The van der Waals surface area contributed by atoms with Crippen molar-refractivity contribution in [1.82, 2.24) is 4.31 Å². The van der Waals surface area contributed by atoms with Crippen molar-refractivity contribution >= 4 is 33.2 Å². The Bertz CT molecular complexity index is 779. The van der Waals surface area contributed by atoms with Crippen LogP contribution in [0.15, 0.2) is 59.5 Å². The second-order valence-electron chi connectivity index (χ2n) is 4.77. The highest BCUT2D eigenvalue weighted by Crippen LogP contribution is 2.21. The largest absolute Gasteiger partial charge is 0.324 e. The van der Waals surface area contributed by atoms with Gasteiger partial charge in [-0.15, -0.1) is 0 Å². The van der Waals surface area contributed by atoms with Crippen LogP contribution >= 0.6 is 11.6 Å². The molecule has 0 spiro atoms. The topological polar surface area (TPSA) is 66.5 Å². The molecule has 1 amide bonds. The Morgan fingerprint density at radius 2 is 1.70 bits per heavy atom. The fourth-order valence-corrected chi connectivity index (χ4v) is 3.63. The summed E-state index contributed by atoms with van der Waals surface area (Å²) < 4.78 is 26.2. The number of carbonyl (C=O) groups excluding carboxylic acids is 1. The monoisotopic (exact) mass is 352 g/mol. The van der Waals surface area contributed by atoms with E-state index in [4.69, 9.17) is 11.6 Å². The van der Waals surface area contributed by atoms with Gasteiger partial charge < -0.3 is 5.32 Å². The second-order valence-corrected chi connectivity index (χ2v) is 7.12. The Labute approximate surface area is 140 Å². The molecule has 0 atom stereocenters. The molecular weight excluding hydrogens is 336 g/mol. The molecule has 0 unspecified atom stereocenters. The number of hydrogen-bond acceptors (Lipinski definition) is 3. The van der Waals surface area contributed by atoms with E-state index in [9.17, 15) is 13.2 Å². The Hall–Kier alpha value is -1.89. The summed E-state index contributed by atoms with van der Waals surface area (Å²) in [4.78, 5) is 12.3. The number of amides is 1. The minimum absolute atomic E-state index is 0.160. The SMILES string of the molecule is CCN(CC(=O)Nc1ccccc1Cl)S(=O)(=O)c1ccccc1. The van der Waals surface area contributed by atoms with E-state index in [2.05, 4.69) is 5.32 Å². The van der Waals surface area contributed by atoms with E-state index < -0.39 is 15.9 Å². The molecule has 2 aromatic carbocycles. The number of nitrogens with zero attached hydrogens (tertiary/aromatic N) is 1. The molecular formula is C16H17ClN2O3S. The third kappa shape index (κ3) is 4.31. The van der Waals surface area contributed by atoms with Crippen molar-refractivity contribution in [3.63, 3.8) is 0 Å². The summed E-state index contributed by atoms with van der Waals surface area (Å²) in [5.41, 5.74) is 0.451. The predicted molar refractivity (Wildman–Crippen MR) is 91.0 cm³/mol. The standard InChI is InChI=1S/C16H17ClN2O3S/c1-2-19(23(21,22)13-8-4-3-5-9-13)12-16(20)18-15-11-7-6-10-14(15)17/h3-11H,2,12H2,1H3,(H,18,20). The van der Waals surface area contributed by atoms with Gasteiger partial charge in [0.1, 0.15) is 0 Å². The van der Waals surface area contributed by atoms with Crippen molar-refractivity contribution < 1.29 is 13.2 Å². The van der Waals surface area contributed by atoms with Crippen molar-refractivity contribution in [3.8, 4) is 0 Å². The van der Waals surface area contributed by atoms with Crippen LogP contribution < -0.4 is 5.32 Å². The maximum atomic E-state index is 12.5. The van der Waals surface area contributed by atoms with Crippen LogP contribution in [0, 0.1) is 0 Å². The quantitative estimate of drug-likeness (QED) is 0.869. The molecule has 0 fully saturated rings. The van der Waals surface area contributed by atoms with Crippen LogP contribution in [0.3, 0.4) is 0 Å². The van der Waals surface area contributed by atoms with E-state index in [0.29, 0.717) is 10.7 Å². The lowest BCUT2D eigenvalue weighted by atomic mass is 10.3. The third-order valence-corrected chi connectivity index (χ3v) is 5.47. The first-order chi connectivity index (χ1) is 10.9. The molecule has 0 bridgehead atoms. The van der Waals surface area contributed by atoms with Gasteiger partial charge in [-0.2, -0.15) is 4.31 Å². The molecule has 0 aliphatic heterocycles. The number of halogens is 1. The highest BCUT2D eigenvalue weighted by atomic mass is 35.5. The molecule has 2 rings (SSSR count). The summed E-state index contributed by atoms with van der Waals surface area (Å²) >= 11 is 5.98. The molecule has 5 nitrogen and oxygen atoms in total. The van der Waals surface area contributed by atoms with Crippen LogP contribution in [0.2, 0.25) is 5.02 Å². The number of hydrogen-bond donors (Lipinski definition) is 1. The van der Waals surface area contributed by atoms with E-state index in [1.807, 2.05) is 0 Å². The maximum Gasteiger partial charge on any atom is 0.243 e. The molecule has 2 aromatic rings. The zero-order valence-corrected chi connectivity index (χ0v) is 14.1. The van der Waals surface area contributed by atoms with Gasteiger partial charge in [0.25, 0.3) is 0 Å². The number of nitrogens with one attached hydrogen (secondary N) is 1. The summed E-state index contributed by atoms with van der Waals surface area (Å²) in [6.45, 7) is 1.59. The highest BCUT2D eigenvalue weighted by Gasteiger charge is 2.25. The summed E-state index contributed by atoms with van der Waals surface area (Å²) in [6, 6.07) is 14.8. The lowest BCUT2D eigenvalue weighted by Gasteiger charge is -2.20. The van der Waals surface area contributed by atoms with Crippen LogP contribution in [0.1, 0.15) is 6.92 Å². The fourth-order valence-electron chi connectivity index (χ4n) is 2.02. The number of likely N-dealkylation sites (N-methyl/N-ethyl adjacent to an activating group) is 1. The van der Waals surface area contributed by atoms with Crippen LogP contribution in [0.5, 0.6) is 0 Å². The molecule has 0 heterocycles. The summed E-state index contributed by atoms with van der Waals surface area (Å²) in [5, 5.41) is 3.02. The number of para-hydroxylation sites is 1. The number of anilines is 1. The summed E-state index contributed by atoms with van der Waals surface area (Å²) in [6.07, 6.45) is 0. The van der Waals surface area contributed by atoms with Gasteiger partial charge in [-0.3, -0.25) is 4.79 Å². The molecule has 23 heavy (non-hydrogen) atoms. The summed E-state index contributed by atoms with van der Waals surface area (Å²) in [5.74, 6) is -0.445. The normalized spacial score (nSPS) is 11.4. The van der Waals surface area contributed by atoms with Gasteiger partial charge in [-0.25, -0.2) is 8.42 Å². The van der Waals surface area contributed by atoms with Crippen LogP contribution in [-0.2, 0) is 14.8 Å². The van der Waals surface area contributed by atoms with Gasteiger partial charge in [0.05, 0.1) is 22.2 Å². The lowest BCUT2D eigenvalue weighted by molar-refractivity contribution is -0.116. The number of sulfonamides is 1. The molecule has 0 radical (unpaired) electrons. The molecule has 0 saturated carbocycles. The third-order valence-electron chi connectivity index (χ3n) is 3.20. The van der Waals surface area contributed by atoms with Gasteiger partial charge in [0.15, 0.2) is 0 Å². The van der Waals surface area contributed by atoms with Crippen molar-refractivity contribution in [2.75, 3.05) is 18.4 Å². The number of carbonyl (C=O) groups is 1. The molecule has 0 aliphatic carbocycles. The first kappa shape index (κ1) is 17.5. The van der Waals surface area contributed by atoms with Crippen LogP contribution in [-0.4, -0.2) is 31.7 Å². The molecule has 7 heteroatoms. The maximum absolute atomic E-state index is 12.5. The van der Waals surface area contributed by atoms with E-state index in [-0.39, 0.29) is 18.0 Å².